The summed E-state index contributed by atoms with van der Waals surface area (Å²) in [4.78, 5) is 0. The number of benzene rings is 2. The zero-order valence-electron chi connectivity index (χ0n) is 12.1. The first-order valence-corrected chi connectivity index (χ1v) is 7.88. The molecule has 4 heteroatoms. The predicted octanol–water partition coefficient (Wildman–Crippen LogP) is 4.38. The van der Waals surface area contributed by atoms with Crippen LogP contribution in [0, 0.1) is 0 Å². The number of aliphatic hydroxyl groups excluding tert-OH is 1. The highest BCUT2D eigenvalue weighted by atomic mass is 79.9. The number of ether oxygens (including phenoxy) is 1. The van der Waals surface area contributed by atoms with Gasteiger partial charge in [0.05, 0.1) is 19.3 Å². The van der Waals surface area contributed by atoms with Gasteiger partial charge in [0.1, 0.15) is 5.75 Å². The zero-order valence-corrected chi connectivity index (χ0v) is 13.6. The first kappa shape index (κ1) is 15.9. The van der Waals surface area contributed by atoms with E-state index in [2.05, 4.69) is 28.2 Å². The second-order valence-corrected chi connectivity index (χ2v) is 5.72. The summed E-state index contributed by atoms with van der Waals surface area (Å²) in [5, 5.41) is 13.0. The lowest BCUT2D eigenvalue weighted by molar-refractivity contribution is 0.275. The molecule has 0 saturated heterocycles. The fraction of sp³-hybridized carbons (Fsp3) is 0.294. The van der Waals surface area contributed by atoms with E-state index in [-0.39, 0.29) is 12.6 Å². The molecule has 3 nitrogen and oxygen atoms in total. The van der Waals surface area contributed by atoms with Crippen molar-refractivity contribution in [3.63, 3.8) is 0 Å². The molecule has 2 N–H and O–H groups in total. The Morgan fingerprint density at radius 2 is 1.95 bits per heavy atom. The second-order valence-electron chi connectivity index (χ2n) is 4.81. The summed E-state index contributed by atoms with van der Waals surface area (Å²) >= 11 is 3.41. The normalized spacial score (nSPS) is 12.0. The summed E-state index contributed by atoms with van der Waals surface area (Å²) in [6.45, 7) is 2.80. The minimum absolute atomic E-state index is 0.0211. The Morgan fingerprint density at radius 1 is 1.19 bits per heavy atom. The lowest BCUT2D eigenvalue weighted by atomic mass is 10.1. The Morgan fingerprint density at radius 3 is 2.62 bits per heavy atom. The Kier molecular flexibility index (Phi) is 6.08. The van der Waals surface area contributed by atoms with E-state index < -0.39 is 0 Å². The quantitative estimate of drug-likeness (QED) is 0.779. The molecule has 21 heavy (non-hydrogen) atoms. The van der Waals surface area contributed by atoms with Gasteiger partial charge in [0, 0.05) is 10.2 Å². The van der Waals surface area contributed by atoms with Crippen molar-refractivity contribution in [2.24, 2.45) is 0 Å². The molecule has 0 aromatic heterocycles. The maximum atomic E-state index is 9.65. The molecule has 0 fully saturated rings. The molecule has 0 aliphatic heterocycles. The highest BCUT2D eigenvalue weighted by molar-refractivity contribution is 9.10. The molecule has 0 radical (unpaired) electrons. The van der Waals surface area contributed by atoms with Gasteiger partial charge in [-0.05, 0) is 48.4 Å². The molecular formula is C17H20BrNO2. The third kappa shape index (κ3) is 4.76. The van der Waals surface area contributed by atoms with Gasteiger partial charge in [0.25, 0.3) is 0 Å². The van der Waals surface area contributed by atoms with Crippen molar-refractivity contribution in [3.8, 4) is 5.75 Å². The van der Waals surface area contributed by atoms with Gasteiger partial charge in [-0.15, -0.1) is 0 Å². The molecule has 0 heterocycles. The number of aliphatic hydroxyl groups is 1. The van der Waals surface area contributed by atoms with Gasteiger partial charge in [0.15, 0.2) is 0 Å². The summed E-state index contributed by atoms with van der Waals surface area (Å²) in [6.07, 6.45) is 0.977. The van der Waals surface area contributed by atoms with Crippen LogP contribution in [0.25, 0.3) is 0 Å². The average Bonchev–Trinajstić information content (AvgIpc) is 2.52. The summed E-state index contributed by atoms with van der Waals surface area (Å²) in [7, 11) is 0. The molecule has 0 aliphatic carbocycles. The predicted molar refractivity (Wildman–Crippen MR) is 89.8 cm³/mol. The Balaban J connectivity index is 2.11. The van der Waals surface area contributed by atoms with Crippen molar-refractivity contribution in [2.45, 2.75) is 19.4 Å². The summed E-state index contributed by atoms with van der Waals surface area (Å²) < 4.78 is 6.67. The molecule has 1 atom stereocenters. The van der Waals surface area contributed by atoms with E-state index >= 15 is 0 Å². The molecule has 2 aromatic rings. The van der Waals surface area contributed by atoms with Crippen LogP contribution in [0.2, 0.25) is 0 Å². The van der Waals surface area contributed by atoms with Crippen molar-refractivity contribution in [3.05, 3.63) is 58.6 Å². The largest absolute Gasteiger partial charge is 0.494 e. The lowest BCUT2D eigenvalue weighted by Gasteiger charge is -2.19. The van der Waals surface area contributed by atoms with E-state index in [1.807, 2.05) is 48.5 Å². The topological polar surface area (TPSA) is 41.5 Å². The molecule has 0 spiro atoms. The summed E-state index contributed by atoms with van der Waals surface area (Å²) in [6, 6.07) is 15.6. The van der Waals surface area contributed by atoms with E-state index in [0.29, 0.717) is 6.61 Å². The number of nitrogens with one attached hydrogen (secondary N) is 1. The van der Waals surface area contributed by atoms with E-state index in [4.69, 9.17) is 4.74 Å². The van der Waals surface area contributed by atoms with Crippen molar-refractivity contribution in [2.75, 3.05) is 18.5 Å². The van der Waals surface area contributed by atoms with Crippen LogP contribution in [0.1, 0.15) is 24.9 Å². The van der Waals surface area contributed by atoms with Gasteiger partial charge in [-0.25, -0.2) is 0 Å². The molecule has 1 unspecified atom stereocenters. The number of hydrogen-bond donors (Lipinski definition) is 2. The lowest BCUT2D eigenvalue weighted by Crippen LogP contribution is -2.14. The maximum Gasteiger partial charge on any atom is 0.119 e. The van der Waals surface area contributed by atoms with Gasteiger partial charge >= 0.3 is 0 Å². The Bertz CT molecular complexity index is 557. The van der Waals surface area contributed by atoms with Crippen LogP contribution in [0.3, 0.4) is 0 Å². The maximum absolute atomic E-state index is 9.65. The van der Waals surface area contributed by atoms with Crippen molar-refractivity contribution >= 4 is 21.6 Å². The van der Waals surface area contributed by atoms with Crippen LogP contribution >= 0.6 is 15.9 Å². The molecule has 2 aromatic carbocycles. The van der Waals surface area contributed by atoms with Gasteiger partial charge in [0.2, 0.25) is 0 Å². The molecule has 0 amide bonds. The van der Waals surface area contributed by atoms with Gasteiger partial charge in [-0.3, -0.25) is 0 Å². The fourth-order valence-corrected chi connectivity index (χ4v) is 2.29. The molecule has 0 saturated carbocycles. The number of halogens is 1. The van der Waals surface area contributed by atoms with Crippen LogP contribution in [-0.2, 0) is 0 Å². The van der Waals surface area contributed by atoms with Crippen LogP contribution in [-0.4, -0.2) is 18.3 Å². The zero-order chi connectivity index (χ0) is 15.1. The molecule has 2 rings (SSSR count). The van der Waals surface area contributed by atoms with Crippen LogP contribution in [0.4, 0.5) is 5.69 Å². The molecule has 112 valence electrons. The minimum Gasteiger partial charge on any atom is -0.494 e. The number of hydrogen-bond acceptors (Lipinski definition) is 3. The third-order valence-electron chi connectivity index (χ3n) is 3.10. The Labute approximate surface area is 134 Å². The molecule has 0 bridgehead atoms. The first-order chi connectivity index (χ1) is 10.2. The average molecular weight is 350 g/mol. The van der Waals surface area contributed by atoms with Crippen LogP contribution < -0.4 is 10.1 Å². The SMILES string of the molecule is CCCOc1cccc(C(CO)Nc2ccc(Br)cc2)c1. The summed E-state index contributed by atoms with van der Waals surface area (Å²) in [5.41, 5.74) is 1.98. The van der Waals surface area contributed by atoms with Crippen LogP contribution in [0.5, 0.6) is 5.75 Å². The highest BCUT2D eigenvalue weighted by Crippen LogP contribution is 2.24. The number of rotatable bonds is 7. The van der Waals surface area contributed by atoms with E-state index in [1.54, 1.807) is 0 Å². The summed E-state index contributed by atoms with van der Waals surface area (Å²) in [5.74, 6) is 0.838. The fourth-order valence-electron chi connectivity index (χ4n) is 2.02. The highest BCUT2D eigenvalue weighted by Gasteiger charge is 2.11. The van der Waals surface area contributed by atoms with Crippen molar-refractivity contribution in [1.82, 2.24) is 0 Å². The first-order valence-electron chi connectivity index (χ1n) is 7.08. The second kappa shape index (κ2) is 8.05. The molecule has 0 aliphatic rings. The van der Waals surface area contributed by atoms with Crippen molar-refractivity contribution < 1.29 is 9.84 Å². The van der Waals surface area contributed by atoms with E-state index in [1.165, 1.54) is 0 Å². The third-order valence-corrected chi connectivity index (χ3v) is 3.63. The standard InChI is InChI=1S/C17H20BrNO2/c1-2-10-21-16-5-3-4-13(11-16)17(12-20)19-15-8-6-14(18)7-9-15/h3-9,11,17,19-20H,2,10,12H2,1H3. The van der Waals surface area contributed by atoms with E-state index in [0.717, 1.165) is 27.9 Å². The smallest absolute Gasteiger partial charge is 0.119 e. The van der Waals surface area contributed by atoms with Gasteiger partial charge in [-0.2, -0.15) is 0 Å². The van der Waals surface area contributed by atoms with Gasteiger partial charge in [-0.1, -0.05) is 35.0 Å². The van der Waals surface area contributed by atoms with Crippen LogP contribution in [0.15, 0.2) is 53.0 Å². The van der Waals surface area contributed by atoms with Crippen molar-refractivity contribution in [1.29, 1.82) is 0 Å². The minimum atomic E-state index is -0.156. The van der Waals surface area contributed by atoms with Gasteiger partial charge < -0.3 is 15.2 Å². The Hall–Kier alpha value is -1.52. The van der Waals surface area contributed by atoms with E-state index in [9.17, 15) is 5.11 Å². The number of anilines is 1. The monoisotopic (exact) mass is 349 g/mol. The molecular weight excluding hydrogens is 330 g/mol.